The van der Waals surface area contributed by atoms with E-state index in [1.807, 2.05) is 6.92 Å². The number of halogens is 1. The largest absolute Gasteiger partial charge is 0.603 e. The Labute approximate surface area is 129 Å². The third kappa shape index (κ3) is 2.57. The highest BCUT2D eigenvalue weighted by atomic mass is 35.5. The highest BCUT2D eigenvalue weighted by molar-refractivity contribution is 7.91. The van der Waals surface area contributed by atoms with Crippen molar-refractivity contribution in [3.8, 4) is 5.88 Å². The molecule has 0 aliphatic carbocycles. The minimum absolute atomic E-state index is 0.309. The van der Waals surface area contributed by atoms with Gasteiger partial charge in [-0.1, -0.05) is 16.7 Å². The number of fused-ring (bicyclic) bond motifs is 1. The smallest absolute Gasteiger partial charge is 0.322 e. The van der Waals surface area contributed by atoms with Crippen LogP contribution in [0, 0.1) is 6.92 Å². The number of hydrogen-bond donors (Lipinski definition) is 0. The van der Waals surface area contributed by atoms with Gasteiger partial charge >= 0.3 is 5.09 Å². The summed E-state index contributed by atoms with van der Waals surface area (Å²) in [5.41, 5.74) is 1.42. The van der Waals surface area contributed by atoms with Crippen LogP contribution in [0.2, 0.25) is 5.02 Å². The lowest BCUT2D eigenvalue weighted by atomic mass is 10.2. The molecule has 1 aromatic carbocycles. The summed E-state index contributed by atoms with van der Waals surface area (Å²) in [7, 11) is 1.49. The van der Waals surface area contributed by atoms with Crippen molar-refractivity contribution in [1.29, 1.82) is 0 Å². The van der Waals surface area contributed by atoms with Crippen molar-refractivity contribution in [3.05, 3.63) is 40.9 Å². The second-order valence-corrected chi connectivity index (χ2v) is 6.10. The van der Waals surface area contributed by atoms with Crippen LogP contribution in [0.15, 0.2) is 44.9 Å². The fraction of sp³-hybridized carbons (Fsp3) is 0.143. The molecule has 0 N–H and O–H groups in total. The molecule has 5 nitrogen and oxygen atoms in total. The lowest BCUT2D eigenvalue weighted by molar-refractivity contribution is 0.389. The number of aromatic nitrogens is 2. The minimum atomic E-state index is -1.55. The molecule has 1 unspecified atom stereocenters. The molecular formula is C14H11ClN2O3S. The van der Waals surface area contributed by atoms with Crippen molar-refractivity contribution in [2.24, 2.45) is 0 Å². The SMILES string of the molecule is COc1ccc([S+]([O-])c2oc3ccc(Cl)cc3c2C)nn1. The number of hydrogen-bond acceptors (Lipinski definition) is 5. The van der Waals surface area contributed by atoms with Gasteiger partial charge in [0.1, 0.15) is 5.58 Å². The van der Waals surface area contributed by atoms with Crippen LogP contribution < -0.4 is 4.74 Å². The van der Waals surface area contributed by atoms with E-state index in [2.05, 4.69) is 10.2 Å². The molecule has 0 spiro atoms. The van der Waals surface area contributed by atoms with Crippen molar-refractivity contribution < 1.29 is 13.7 Å². The summed E-state index contributed by atoms with van der Waals surface area (Å²) >= 11 is 4.43. The lowest BCUT2D eigenvalue weighted by Gasteiger charge is -2.05. The maximum absolute atomic E-state index is 12.6. The average Bonchev–Trinajstić information content (AvgIpc) is 2.83. The molecule has 2 heterocycles. The third-order valence-electron chi connectivity index (χ3n) is 3.04. The molecule has 3 aromatic rings. The summed E-state index contributed by atoms with van der Waals surface area (Å²) in [6, 6.07) is 8.48. The molecule has 3 rings (SSSR count). The number of furan rings is 1. The van der Waals surface area contributed by atoms with E-state index in [4.69, 9.17) is 20.8 Å². The topological polar surface area (TPSA) is 71.2 Å². The predicted octanol–water partition coefficient (Wildman–Crippen LogP) is 3.36. The summed E-state index contributed by atoms with van der Waals surface area (Å²) in [5.74, 6) is 0.365. The number of aryl methyl sites for hydroxylation is 1. The molecule has 7 heteroatoms. The summed E-state index contributed by atoms with van der Waals surface area (Å²) in [6.07, 6.45) is 0. The molecule has 0 radical (unpaired) electrons. The first-order valence-corrected chi connectivity index (χ1v) is 7.61. The number of nitrogens with zero attached hydrogens (tertiary/aromatic N) is 2. The van der Waals surface area contributed by atoms with Gasteiger partial charge in [-0.15, -0.1) is 5.10 Å². The molecule has 0 saturated heterocycles. The molecule has 108 valence electrons. The van der Waals surface area contributed by atoms with Crippen LogP contribution in [-0.2, 0) is 11.2 Å². The molecule has 0 bridgehead atoms. The highest BCUT2D eigenvalue weighted by Crippen LogP contribution is 2.33. The van der Waals surface area contributed by atoms with Crippen LogP contribution >= 0.6 is 11.6 Å². The Morgan fingerprint density at radius 3 is 2.71 bits per heavy atom. The molecule has 0 saturated carbocycles. The van der Waals surface area contributed by atoms with Crippen molar-refractivity contribution in [1.82, 2.24) is 10.2 Å². The van der Waals surface area contributed by atoms with Gasteiger partial charge in [-0.25, -0.2) is 0 Å². The van der Waals surface area contributed by atoms with Gasteiger partial charge in [0.05, 0.1) is 23.8 Å². The van der Waals surface area contributed by atoms with Crippen LogP contribution in [0.1, 0.15) is 5.56 Å². The average molecular weight is 323 g/mol. The highest BCUT2D eigenvalue weighted by Gasteiger charge is 2.26. The second-order valence-electron chi connectivity index (χ2n) is 4.34. The first kappa shape index (κ1) is 14.2. The Balaban J connectivity index is 2.04. The standard InChI is InChI=1S/C14H11ClN2O3S/c1-8-10-7-9(15)3-4-11(10)20-14(8)21(18)13-6-5-12(19-2)16-17-13/h3-7H,1-2H3. The van der Waals surface area contributed by atoms with Gasteiger partial charge in [-0.05, 0) is 25.1 Å². The zero-order chi connectivity index (χ0) is 15.0. The quantitative estimate of drug-likeness (QED) is 0.691. The first-order chi connectivity index (χ1) is 10.1. The maximum atomic E-state index is 12.6. The van der Waals surface area contributed by atoms with Gasteiger partial charge in [0.2, 0.25) is 5.88 Å². The van der Waals surface area contributed by atoms with Gasteiger partial charge in [-0.3, -0.25) is 0 Å². The molecule has 0 fully saturated rings. The van der Waals surface area contributed by atoms with Crippen LogP contribution in [0.5, 0.6) is 5.88 Å². The second kappa shape index (κ2) is 5.55. The monoisotopic (exact) mass is 322 g/mol. The van der Waals surface area contributed by atoms with E-state index in [-0.39, 0.29) is 0 Å². The number of rotatable bonds is 3. The van der Waals surface area contributed by atoms with E-state index in [0.29, 0.717) is 26.6 Å². The normalized spacial score (nSPS) is 12.6. The van der Waals surface area contributed by atoms with Crippen molar-refractivity contribution >= 4 is 33.7 Å². The Morgan fingerprint density at radius 2 is 2.05 bits per heavy atom. The Morgan fingerprint density at radius 1 is 1.24 bits per heavy atom. The van der Waals surface area contributed by atoms with E-state index >= 15 is 0 Å². The Hall–Kier alpha value is -1.76. The molecule has 1 atom stereocenters. The molecule has 21 heavy (non-hydrogen) atoms. The van der Waals surface area contributed by atoms with E-state index < -0.39 is 11.2 Å². The summed E-state index contributed by atoms with van der Waals surface area (Å²) in [4.78, 5) is 0. The summed E-state index contributed by atoms with van der Waals surface area (Å²) in [5, 5.41) is 9.81. The molecule has 0 amide bonds. The zero-order valence-electron chi connectivity index (χ0n) is 11.3. The molecule has 0 aliphatic heterocycles. The van der Waals surface area contributed by atoms with Crippen LogP contribution in [0.4, 0.5) is 0 Å². The minimum Gasteiger partial charge on any atom is -0.603 e. The van der Waals surface area contributed by atoms with E-state index in [1.165, 1.54) is 7.11 Å². The van der Waals surface area contributed by atoms with E-state index in [1.54, 1.807) is 30.3 Å². The summed E-state index contributed by atoms with van der Waals surface area (Å²) in [6.45, 7) is 1.84. The molecule has 0 aliphatic rings. The van der Waals surface area contributed by atoms with E-state index in [9.17, 15) is 4.55 Å². The van der Waals surface area contributed by atoms with Crippen molar-refractivity contribution in [2.45, 2.75) is 17.0 Å². The lowest BCUT2D eigenvalue weighted by Crippen LogP contribution is -2.06. The number of methoxy groups -OCH3 is 1. The van der Waals surface area contributed by atoms with Gasteiger partial charge in [0.15, 0.2) is 0 Å². The van der Waals surface area contributed by atoms with Gasteiger partial charge in [-0.2, -0.15) is 0 Å². The fourth-order valence-electron chi connectivity index (χ4n) is 1.96. The Kier molecular flexibility index (Phi) is 3.75. The number of ether oxygens (including phenoxy) is 1. The Bertz CT molecular complexity index is 789. The van der Waals surface area contributed by atoms with Gasteiger partial charge in [0.25, 0.3) is 5.03 Å². The number of benzene rings is 1. The van der Waals surface area contributed by atoms with Crippen LogP contribution in [0.3, 0.4) is 0 Å². The predicted molar refractivity (Wildman–Crippen MR) is 79.2 cm³/mol. The fourth-order valence-corrected chi connectivity index (χ4v) is 3.18. The van der Waals surface area contributed by atoms with Crippen LogP contribution in [-0.4, -0.2) is 21.9 Å². The summed E-state index contributed by atoms with van der Waals surface area (Å²) < 4.78 is 23.2. The first-order valence-electron chi connectivity index (χ1n) is 6.08. The van der Waals surface area contributed by atoms with Crippen LogP contribution in [0.25, 0.3) is 11.0 Å². The maximum Gasteiger partial charge on any atom is 0.322 e. The molecular weight excluding hydrogens is 312 g/mol. The molecule has 2 aromatic heterocycles. The van der Waals surface area contributed by atoms with Gasteiger partial charge in [0, 0.05) is 22.5 Å². The van der Waals surface area contributed by atoms with E-state index in [0.717, 1.165) is 10.9 Å². The van der Waals surface area contributed by atoms with Crippen molar-refractivity contribution in [2.75, 3.05) is 7.11 Å². The third-order valence-corrected chi connectivity index (χ3v) is 4.60. The van der Waals surface area contributed by atoms with Crippen molar-refractivity contribution in [3.63, 3.8) is 0 Å². The zero-order valence-corrected chi connectivity index (χ0v) is 12.9. The van der Waals surface area contributed by atoms with Gasteiger partial charge < -0.3 is 13.7 Å².